The molecule has 2 nitrogen and oxygen atoms in total. The lowest BCUT2D eigenvalue weighted by molar-refractivity contribution is 1.48. The highest BCUT2D eigenvalue weighted by molar-refractivity contribution is 6.06. The van der Waals surface area contributed by atoms with Crippen LogP contribution >= 0.6 is 0 Å². The van der Waals surface area contributed by atoms with Gasteiger partial charge in [0.25, 0.3) is 0 Å². The van der Waals surface area contributed by atoms with Crippen LogP contribution in [-0.4, -0.2) is 4.98 Å². The van der Waals surface area contributed by atoms with Gasteiger partial charge in [-0.3, -0.25) is 0 Å². The molecular formula is C13H10N2. The van der Waals surface area contributed by atoms with Crippen LogP contribution in [0.5, 0.6) is 0 Å². The lowest BCUT2D eigenvalue weighted by atomic mass is 10.1. The molecule has 0 aliphatic carbocycles. The summed E-state index contributed by atoms with van der Waals surface area (Å²) >= 11 is 0. The molecule has 3 aromatic rings. The van der Waals surface area contributed by atoms with E-state index in [4.69, 9.17) is 5.26 Å². The second-order valence-corrected chi connectivity index (χ2v) is 3.23. The first-order valence-corrected chi connectivity index (χ1v) is 4.66. The van der Waals surface area contributed by atoms with Gasteiger partial charge in [-0.15, -0.1) is 0 Å². The van der Waals surface area contributed by atoms with E-state index in [1.54, 1.807) is 0 Å². The van der Waals surface area contributed by atoms with E-state index in [-0.39, 0.29) is 0 Å². The fourth-order valence-electron chi connectivity index (χ4n) is 1.82. The molecule has 0 bridgehead atoms. The maximum atomic E-state index is 6.50. The minimum Gasteiger partial charge on any atom is -0.361 e. The Morgan fingerprint density at radius 3 is 2.53 bits per heavy atom. The fourth-order valence-corrected chi connectivity index (χ4v) is 1.82. The van der Waals surface area contributed by atoms with Crippen molar-refractivity contribution in [2.45, 2.75) is 0 Å². The van der Waals surface area contributed by atoms with Gasteiger partial charge < -0.3 is 4.98 Å². The van der Waals surface area contributed by atoms with Crippen LogP contribution in [0.25, 0.3) is 21.7 Å². The molecule has 0 saturated heterocycles. The molecule has 1 heterocycles. The third-order valence-electron chi connectivity index (χ3n) is 2.46. The molecule has 15 heavy (non-hydrogen) atoms. The summed E-state index contributed by atoms with van der Waals surface area (Å²) in [5.74, 6) is 0. The van der Waals surface area contributed by atoms with Gasteiger partial charge in [0.15, 0.2) is 0 Å². The SMILES string of the molecule is C#N.c1ccc2c(c1)ccc1[nH]ccc12. The lowest BCUT2D eigenvalue weighted by Crippen LogP contribution is -1.72. The summed E-state index contributed by atoms with van der Waals surface area (Å²) in [6.45, 7) is 3.50. The monoisotopic (exact) mass is 194 g/mol. The van der Waals surface area contributed by atoms with Crippen molar-refractivity contribution in [2.24, 2.45) is 0 Å². The minimum absolute atomic E-state index is 1.21. The van der Waals surface area contributed by atoms with Gasteiger partial charge in [0.1, 0.15) is 0 Å². The van der Waals surface area contributed by atoms with E-state index >= 15 is 0 Å². The Labute approximate surface area is 87.8 Å². The number of nitrogens with zero attached hydrogens (tertiary/aromatic N) is 1. The highest BCUT2D eigenvalue weighted by atomic mass is 14.7. The molecule has 0 fully saturated rings. The Morgan fingerprint density at radius 2 is 1.67 bits per heavy atom. The molecular weight excluding hydrogens is 184 g/mol. The van der Waals surface area contributed by atoms with E-state index in [9.17, 15) is 0 Å². The van der Waals surface area contributed by atoms with Gasteiger partial charge in [-0.2, -0.15) is 0 Å². The molecule has 0 atom stereocenters. The summed E-state index contributed by atoms with van der Waals surface area (Å²) in [5.41, 5.74) is 1.21. The number of hydrogen-bond acceptors (Lipinski definition) is 1. The van der Waals surface area contributed by atoms with Crippen LogP contribution in [0.2, 0.25) is 0 Å². The van der Waals surface area contributed by atoms with Gasteiger partial charge in [-0.25, -0.2) is 5.26 Å². The molecule has 1 aromatic heterocycles. The summed E-state index contributed by atoms with van der Waals surface area (Å²) in [5, 5.41) is 10.4. The summed E-state index contributed by atoms with van der Waals surface area (Å²) in [6, 6.07) is 14.8. The second kappa shape index (κ2) is 3.85. The second-order valence-electron chi connectivity index (χ2n) is 3.23. The average molecular weight is 194 g/mol. The van der Waals surface area contributed by atoms with Gasteiger partial charge in [-0.05, 0) is 22.9 Å². The van der Waals surface area contributed by atoms with Crippen LogP contribution in [0, 0.1) is 11.8 Å². The number of benzene rings is 2. The molecule has 0 saturated carbocycles. The number of fused-ring (bicyclic) bond motifs is 3. The van der Waals surface area contributed by atoms with Crippen molar-refractivity contribution in [3.8, 4) is 6.57 Å². The van der Waals surface area contributed by atoms with Crippen LogP contribution in [-0.2, 0) is 0 Å². The van der Waals surface area contributed by atoms with E-state index in [1.807, 2.05) is 6.20 Å². The number of hydrogen-bond donors (Lipinski definition) is 1. The largest absolute Gasteiger partial charge is 0.361 e. The highest BCUT2D eigenvalue weighted by Gasteiger charge is 1.98. The van der Waals surface area contributed by atoms with Gasteiger partial charge in [0, 0.05) is 23.7 Å². The smallest absolute Gasteiger partial charge is 0.0462 e. The molecule has 0 aliphatic rings. The number of H-pyrrole nitrogens is 1. The zero-order valence-corrected chi connectivity index (χ0v) is 8.14. The number of nitriles is 1. The van der Waals surface area contributed by atoms with Crippen LogP contribution < -0.4 is 0 Å². The maximum Gasteiger partial charge on any atom is 0.0462 e. The normalized spacial score (nSPS) is 9.73. The molecule has 0 aliphatic heterocycles. The van der Waals surface area contributed by atoms with E-state index in [1.165, 1.54) is 21.7 Å². The van der Waals surface area contributed by atoms with E-state index in [0.717, 1.165) is 0 Å². The Bertz CT molecular complexity index is 605. The molecule has 0 amide bonds. The Morgan fingerprint density at radius 1 is 0.867 bits per heavy atom. The molecule has 0 spiro atoms. The van der Waals surface area contributed by atoms with Gasteiger partial charge in [0.2, 0.25) is 0 Å². The quantitative estimate of drug-likeness (QED) is 0.584. The van der Waals surface area contributed by atoms with Crippen molar-refractivity contribution in [3.05, 3.63) is 48.7 Å². The Kier molecular flexibility index (Phi) is 2.38. The predicted octanol–water partition coefficient (Wildman–Crippen LogP) is 3.46. The summed E-state index contributed by atoms with van der Waals surface area (Å²) in [4.78, 5) is 3.21. The topological polar surface area (TPSA) is 39.6 Å². The first-order valence-electron chi connectivity index (χ1n) is 4.66. The maximum absolute atomic E-state index is 6.50. The van der Waals surface area contributed by atoms with Crippen molar-refractivity contribution in [2.75, 3.05) is 0 Å². The zero-order valence-electron chi connectivity index (χ0n) is 8.14. The van der Waals surface area contributed by atoms with E-state index in [2.05, 4.69) is 54.0 Å². The van der Waals surface area contributed by atoms with Crippen molar-refractivity contribution in [1.29, 1.82) is 5.26 Å². The van der Waals surface area contributed by atoms with Crippen LogP contribution in [0.4, 0.5) is 0 Å². The number of rotatable bonds is 0. The Balaban J connectivity index is 0.000000404. The van der Waals surface area contributed by atoms with Crippen LogP contribution in [0.15, 0.2) is 48.7 Å². The molecule has 1 N–H and O–H groups in total. The molecule has 0 unspecified atom stereocenters. The first-order chi connectivity index (χ1) is 7.45. The first kappa shape index (κ1) is 9.29. The number of aromatic amines is 1. The van der Waals surface area contributed by atoms with Gasteiger partial charge in [0.05, 0.1) is 0 Å². The van der Waals surface area contributed by atoms with Crippen molar-refractivity contribution < 1.29 is 0 Å². The number of nitrogens with one attached hydrogen (secondary N) is 1. The van der Waals surface area contributed by atoms with E-state index < -0.39 is 0 Å². The highest BCUT2D eigenvalue weighted by Crippen LogP contribution is 2.23. The zero-order chi connectivity index (χ0) is 10.7. The molecule has 2 heteroatoms. The van der Waals surface area contributed by atoms with Crippen molar-refractivity contribution >= 4 is 21.7 Å². The fraction of sp³-hybridized carbons (Fsp3) is 0. The van der Waals surface area contributed by atoms with Crippen LogP contribution in [0.1, 0.15) is 0 Å². The van der Waals surface area contributed by atoms with E-state index in [0.29, 0.717) is 0 Å². The molecule has 2 aromatic carbocycles. The standard InChI is InChI=1S/C12H9N.CHN/c1-2-4-10-9(3-1)5-6-12-11(10)7-8-13-12;1-2/h1-8,13H;1H. The minimum atomic E-state index is 1.21. The predicted molar refractivity (Wildman–Crippen MR) is 62.5 cm³/mol. The lowest BCUT2D eigenvalue weighted by Gasteiger charge is -1.97. The summed E-state index contributed by atoms with van der Waals surface area (Å²) in [7, 11) is 0. The molecule has 72 valence electrons. The number of aromatic nitrogens is 1. The average Bonchev–Trinajstić information content (AvgIpc) is 2.80. The van der Waals surface area contributed by atoms with Crippen molar-refractivity contribution in [3.63, 3.8) is 0 Å². The molecule has 0 radical (unpaired) electrons. The van der Waals surface area contributed by atoms with Crippen LogP contribution in [0.3, 0.4) is 0 Å². The summed E-state index contributed by atoms with van der Waals surface area (Å²) < 4.78 is 0. The van der Waals surface area contributed by atoms with Gasteiger partial charge >= 0.3 is 0 Å². The van der Waals surface area contributed by atoms with Gasteiger partial charge in [-0.1, -0.05) is 30.3 Å². The third kappa shape index (κ3) is 1.44. The van der Waals surface area contributed by atoms with Crippen molar-refractivity contribution in [1.82, 2.24) is 4.98 Å². The molecule has 3 rings (SSSR count). The summed E-state index contributed by atoms with van der Waals surface area (Å²) in [6.07, 6.45) is 1.98. The Hall–Kier alpha value is -2.27. The third-order valence-corrected chi connectivity index (χ3v) is 2.46.